The van der Waals surface area contributed by atoms with Crippen LogP contribution in [0.3, 0.4) is 0 Å². The molecule has 0 fully saturated rings. The van der Waals surface area contributed by atoms with E-state index in [-0.39, 0.29) is 18.9 Å². The smallest absolute Gasteiger partial charge is 0.215 e. The maximum atomic E-state index is 11.9. The Balaban J connectivity index is 2.69. The Hall–Kier alpha value is -0.950. The highest BCUT2D eigenvalue weighted by Gasteiger charge is 2.20. The van der Waals surface area contributed by atoms with Crippen molar-refractivity contribution in [3.05, 3.63) is 35.4 Å². The summed E-state index contributed by atoms with van der Waals surface area (Å²) in [6.45, 7) is 3.73. The van der Waals surface area contributed by atoms with Gasteiger partial charge in [-0.1, -0.05) is 24.3 Å². The van der Waals surface area contributed by atoms with Crippen molar-refractivity contribution in [2.24, 2.45) is 0 Å². The molecule has 0 spiro atoms. The molecule has 0 unspecified atom stereocenters. The molecular formula is C13H21NO4S. The summed E-state index contributed by atoms with van der Waals surface area (Å²) in [4.78, 5) is 0. The monoisotopic (exact) mass is 287 g/mol. The Morgan fingerprint density at radius 2 is 1.95 bits per heavy atom. The fourth-order valence-electron chi connectivity index (χ4n) is 1.44. The van der Waals surface area contributed by atoms with Crippen LogP contribution in [-0.2, 0) is 27.1 Å². The third kappa shape index (κ3) is 5.69. The van der Waals surface area contributed by atoms with Crippen molar-refractivity contribution < 1.29 is 18.3 Å². The number of benzene rings is 1. The molecule has 0 atom stereocenters. The van der Waals surface area contributed by atoms with E-state index in [4.69, 9.17) is 9.84 Å². The highest BCUT2D eigenvalue weighted by Crippen LogP contribution is 2.10. The van der Waals surface area contributed by atoms with Crippen molar-refractivity contribution in [3.8, 4) is 0 Å². The van der Waals surface area contributed by atoms with Crippen molar-refractivity contribution >= 4 is 10.0 Å². The number of methoxy groups -OCH3 is 1. The van der Waals surface area contributed by atoms with E-state index >= 15 is 0 Å². The lowest BCUT2D eigenvalue weighted by Crippen LogP contribution is -2.40. The zero-order chi connectivity index (χ0) is 14.5. The zero-order valence-corrected chi connectivity index (χ0v) is 12.3. The molecule has 5 nitrogen and oxygen atoms in total. The Bertz CT molecular complexity index is 511. The molecule has 1 aromatic rings. The van der Waals surface area contributed by atoms with Gasteiger partial charge in [-0.25, -0.2) is 13.1 Å². The molecule has 0 radical (unpaired) electrons. The van der Waals surface area contributed by atoms with Gasteiger partial charge in [0.05, 0.1) is 18.0 Å². The molecule has 2 N–H and O–H groups in total. The van der Waals surface area contributed by atoms with Gasteiger partial charge in [-0.05, 0) is 25.0 Å². The van der Waals surface area contributed by atoms with Crippen LogP contribution in [0, 0.1) is 0 Å². The van der Waals surface area contributed by atoms with Crippen LogP contribution in [0.15, 0.2) is 24.3 Å². The quantitative estimate of drug-likeness (QED) is 0.785. The van der Waals surface area contributed by atoms with Crippen LogP contribution < -0.4 is 4.72 Å². The first-order valence-corrected chi connectivity index (χ1v) is 7.64. The van der Waals surface area contributed by atoms with Crippen LogP contribution in [0.4, 0.5) is 0 Å². The van der Waals surface area contributed by atoms with Gasteiger partial charge in [-0.15, -0.1) is 0 Å². The molecule has 0 aliphatic rings. The fraction of sp³-hybridized carbons (Fsp3) is 0.538. The van der Waals surface area contributed by atoms with E-state index < -0.39 is 15.6 Å². The second kappa shape index (κ2) is 6.47. The van der Waals surface area contributed by atoms with Gasteiger partial charge >= 0.3 is 0 Å². The summed E-state index contributed by atoms with van der Waals surface area (Å²) in [5.74, 6) is -0.110. The fourth-order valence-corrected chi connectivity index (χ4v) is 2.73. The maximum absolute atomic E-state index is 11.9. The molecule has 0 aliphatic carbocycles. The second-order valence-electron chi connectivity index (χ2n) is 5.02. The standard InChI is InChI=1S/C13H21NO4S/c1-13(2,18-3)10-14-19(16,17)9-12-6-4-5-11(7-12)8-15/h4-7,14-15H,8-10H2,1-3H3. The summed E-state index contributed by atoms with van der Waals surface area (Å²) in [5, 5.41) is 9.02. The van der Waals surface area contributed by atoms with Crippen LogP contribution in [0.25, 0.3) is 0 Å². The molecule has 0 bridgehead atoms. The minimum Gasteiger partial charge on any atom is -0.392 e. The summed E-state index contributed by atoms with van der Waals surface area (Å²) < 4.78 is 31.5. The lowest BCUT2D eigenvalue weighted by atomic mass is 10.1. The van der Waals surface area contributed by atoms with Crippen molar-refractivity contribution in [1.29, 1.82) is 0 Å². The molecule has 0 heterocycles. The van der Waals surface area contributed by atoms with E-state index in [9.17, 15) is 8.42 Å². The number of aliphatic hydroxyl groups is 1. The first-order chi connectivity index (χ1) is 8.78. The molecule has 108 valence electrons. The van der Waals surface area contributed by atoms with Gasteiger partial charge in [0.15, 0.2) is 0 Å². The Kier molecular flexibility index (Phi) is 5.49. The van der Waals surface area contributed by atoms with Crippen LogP contribution in [0.5, 0.6) is 0 Å². The molecule has 0 aromatic heterocycles. The largest absolute Gasteiger partial charge is 0.392 e. The highest BCUT2D eigenvalue weighted by atomic mass is 32.2. The van der Waals surface area contributed by atoms with Crippen molar-refractivity contribution in [2.75, 3.05) is 13.7 Å². The van der Waals surface area contributed by atoms with Gasteiger partial charge in [-0.2, -0.15) is 0 Å². The zero-order valence-electron chi connectivity index (χ0n) is 11.5. The van der Waals surface area contributed by atoms with Crippen LogP contribution in [0.2, 0.25) is 0 Å². The summed E-state index contributed by atoms with van der Waals surface area (Å²) in [7, 11) is -1.87. The summed E-state index contributed by atoms with van der Waals surface area (Å²) in [6.07, 6.45) is 0. The Labute approximate surface area is 114 Å². The molecule has 6 heteroatoms. The van der Waals surface area contributed by atoms with E-state index in [1.165, 1.54) is 0 Å². The minimum absolute atomic E-state index is 0.0992. The lowest BCUT2D eigenvalue weighted by Gasteiger charge is -2.23. The van der Waals surface area contributed by atoms with Gasteiger partial charge < -0.3 is 9.84 Å². The summed E-state index contributed by atoms with van der Waals surface area (Å²) >= 11 is 0. The van der Waals surface area contributed by atoms with E-state index in [0.29, 0.717) is 11.1 Å². The normalized spacial score (nSPS) is 12.6. The van der Waals surface area contributed by atoms with Gasteiger partial charge in [0.25, 0.3) is 0 Å². The third-order valence-corrected chi connectivity index (χ3v) is 4.10. The molecule has 1 rings (SSSR count). The summed E-state index contributed by atoms with van der Waals surface area (Å²) in [6, 6.07) is 6.88. The first-order valence-electron chi connectivity index (χ1n) is 5.99. The topological polar surface area (TPSA) is 75.6 Å². The van der Waals surface area contributed by atoms with E-state index in [2.05, 4.69) is 4.72 Å². The van der Waals surface area contributed by atoms with E-state index in [1.54, 1.807) is 31.4 Å². The molecule has 0 saturated carbocycles. The summed E-state index contributed by atoms with van der Waals surface area (Å²) in [5.41, 5.74) is 0.805. The molecule has 0 saturated heterocycles. The second-order valence-corrected chi connectivity index (χ2v) is 6.83. The van der Waals surface area contributed by atoms with Crippen molar-refractivity contribution in [2.45, 2.75) is 31.8 Å². The van der Waals surface area contributed by atoms with E-state index in [0.717, 1.165) is 0 Å². The number of hydrogen-bond acceptors (Lipinski definition) is 4. The van der Waals surface area contributed by atoms with Crippen molar-refractivity contribution in [3.63, 3.8) is 0 Å². The molecule has 0 amide bonds. The number of ether oxygens (including phenoxy) is 1. The van der Waals surface area contributed by atoms with Gasteiger partial charge in [0.2, 0.25) is 10.0 Å². The minimum atomic E-state index is -3.41. The van der Waals surface area contributed by atoms with Crippen molar-refractivity contribution in [1.82, 2.24) is 4.72 Å². The van der Waals surface area contributed by atoms with Gasteiger partial charge in [-0.3, -0.25) is 0 Å². The maximum Gasteiger partial charge on any atom is 0.215 e. The Morgan fingerprint density at radius 3 is 2.53 bits per heavy atom. The molecule has 19 heavy (non-hydrogen) atoms. The van der Waals surface area contributed by atoms with Crippen LogP contribution in [-0.4, -0.2) is 32.8 Å². The van der Waals surface area contributed by atoms with Gasteiger partial charge in [0.1, 0.15) is 0 Å². The van der Waals surface area contributed by atoms with E-state index in [1.807, 2.05) is 13.8 Å². The third-order valence-electron chi connectivity index (χ3n) is 2.80. The molecular weight excluding hydrogens is 266 g/mol. The SMILES string of the molecule is COC(C)(C)CNS(=O)(=O)Cc1cccc(CO)c1. The highest BCUT2D eigenvalue weighted by molar-refractivity contribution is 7.88. The molecule has 1 aromatic carbocycles. The number of sulfonamides is 1. The van der Waals surface area contributed by atoms with Crippen LogP contribution in [0.1, 0.15) is 25.0 Å². The van der Waals surface area contributed by atoms with Crippen LogP contribution >= 0.6 is 0 Å². The number of hydrogen-bond donors (Lipinski definition) is 2. The predicted molar refractivity (Wildman–Crippen MR) is 74.1 cm³/mol. The first kappa shape index (κ1) is 16.1. The average Bonchev–Trinajstić information content (AvgIpc) is 2.36. The average molecular weight is 287 g/mol. The Morgan fingerprint density at radius 1 is 1.32 bits per heavy atom. The number of rotatable bonds is 7. The number of nitrogens with one attached hydrogen (secondary N) is 1. The lowest BCUT2D eigenvalue weighted by molar-refractivity contribution is 0.0276. The predicted octanol–water partition coefficient (Wildman–Crippen LogP) is 1.02. The van der Waals surface area contributed by atoms with Gasteiger partial charge in [0, 0.05) is 13.7 Å². The number of aliphatic hydroxyl groups excluding tert-OH is 1. The molecule has 0 aliphatic heterocycles.